The van der Waals surface area contributed by atoms with Gasteiger partial charge in [-0.2, -0.15) is 0 Å². The molecule has 1 N–H and O–H groups in total. The third kappa shape index (κ3) is 5.59. The molecule has 0 atom stereocenters. The minimum absolute atomic E-state index is 0.101. The number of allylic oxidation sites excluding steroid dienone is 9. The third-order valence-electron chi connectivity index (χ3n) is 4.33. The molecule has 0 unspecified atom stereocenters. The Hall–Kier alpha value is -1.97. The van der Waals surface area contributed by atoms with Crippen LogP contribution >= 0.6 is 0 Å². The van der Waals surface area contributed by atoms with Gasteiger partial charge in [-0.25, -0.2) is 13.6 Å². The van der Waals surface area contributed by atoms with E-state index in [0.29, 0.717) is 17.6 Å². The summed E-state index contributed by atoms with van der Waals surface area (Å²) in [4.78, 5) is 10.5. The van der Waals surface area contributed by atoms with E-state index in [1.807, 2.05) is 32.9 Å². The van der Waals surface area contributed by atoms with E-state index in [0.717, 1.165) is 11.6 Å². The van der Waals surface area contributed by atoms with Gasteiger partial charge in [0.2, 0.25) is 0 Å². The van der Waals surface area contributed by atoms with Crippen LogP contribution in [0.5, 0.6) is 0 Å². The van der Waals surface area contributed by atoms with Crippen molar-refractivity contribution in [2.24, 2.45) is 5.41 Å². The van der Waals surface area contributed by atoms with Crippen LogP contribution in [0.15, 0.2) is 58.7 Å². The van der Waals surface area contributed by atoms with Crippen molar-refractivity contribution in [1.82, 2.24) is 0 Å². The number of halogens is 2. The first-order valence-electron chi connectivity index (χ1n) is 7.99. The van der Waals surface area contributed by atoms with E-state index in [9.17, 15) is 13.6 Å². The van der Waals surface area contributed by atoms with Crippen LogP contribution in [-0.2, 0) is 4.79 Å². The molecule has 0 saturated carbocycles. The number of alkyl halides is 2. The lowest BCUT2D eigenvalue weighted by Gasteiger charge is -2.37. The molecule has 4 heteroatoms. The Morgan fingerprint density at radius 2 is 1.75 bits per heavy atom. The van der Waals surface area contributed by atoms with E-state index in [4.69, 9.17) is 5.11 Å². The molecule has 0 aromatic rings. The highest BCUT2D eigenvalue weighted by Crippen LogP contribution is 2.47. The van der Waals surface area contributed by atoms with Crippen LogP contribution < -0.4 is 0 Å². The van der Waals surface area contributed by atoms with Crippen molar-refractivity contribution in [1.29, 1.82) is 0 Å². The Morgan fingerprint density at radius 3 is 2.33 bits per heavy atom. The number of rotatable bonds is 5. The summed E-state index contributed by atoms with van der Waals surface area (Å²) in [6.45, 7) is 9.07. The van der Waals surface area contributed by atoms with Crippen LogP contribution in [0.25, 0.3) is 0 Å². The van der Waals surface area contributed by atoms with Crippen molar-refractivity contribution in [3.63, 3.8) is 0 Å². The molecule has 1 aliphatic carbocycles. The van der Waals surface area contributed by atoms with Gasteiger partial charge in [-0.1, -0.05) is 49.8 Å². The molecule has 2 nitrogen and oxygen atoms in total. The molecule has 1 rings (SSSR count). The topological polar surface area (TPSA) is 37.3 Å². The van der Waals surface area contributed by atoms with Gasteiger partial charge in [0.25, 0.3) is 5.92 Å². The van der Waals surface area contributed by atoms with Gasteiger partial charge in [-0.15, -0.1) is 0 Å². The Kier molecular flexibility index (Phi) is 6.47. The zero-order chi connectivity index (χ0) is 18.5. The van der Waals surface area contributed by atoms with Gasteiger partial charge in [-0.05, 0) is 49.3 Å². The zero-order valence-electron chi connectivity index (χ0n) is 15.0. The summed E-state index contributed by atoms with van der Waals surface area (Å²) in [6.07, 6.45) is 10.3. The molecule has 0 heterocycles. The third-order valence-corrected chi connectivity index (χ3v) is 4.33. The Morgan fingerprint density at radius 1 is 1.12 bits per heavy atom. The average molecular weight is 336 g/mol. The van der Waals surface area contributed by atoms with E-state index < -0.39 is 11.9 Å². The number of hydrogen-bond acceptors (Lipinski definition) is 1. The van der Waals surface area contributed by atoms with Gasteiger partial charge in [0.1, 0.15) is 0 Å². The molecule has 1 aliphatic rings. The molecular formula is C20H26F2O2. The Bertz CT molecular complexity index is 645. The number of aliphatic carboxylic acids is 1. The second kappa shape index (κ2) is 7.73. The highest BCUT2D eigenvalue weighted by atomic mass is 19.3. The molecule has 24 heavy (non-hydrogen) atoms. The summed E-state index contributed by atoms with van der Waals surface area (Å²) in [5.74, 6) is -3.72. The van der Waals surface area contributed by atoms with E-state index >= 15 is 0 Å². The largest absolute Gasteiger partial charge is 0.478 e. The van der Waals surface area contributed by atoms with Crippen LogP contribution in [0.4, 0.5) is 8.78 Å². The van der Waals surface area contributed by atoms with Crippen LogP contribution in [-0.4, -0.2) is 17.0 Å². The summed E-state index contributed by atoms with van der Waals surface area (Å²) < 4.78 is 27.9. The fourth-order valence-corrected chi connectivity index (χ4v) is 2.71. The molecule has 0 aromatic heterocycles. The molecule has 132 valence electrons. The minimum atomic E-state index is -2.73. The summed E-state index contributed by atoms with van der Waals surface area (Å²) in [5.41, 5.74) is 2.11. The predicted molar refractivity (Wildman–Crippen MR) is 94.1 cm³/mol. The lowest BCUT2D eigenvalue weighted by molar-refractivity contribution is -0.131. The van der Waals surface area contributed by atoms with Gasteiger partial charge in [0, 0.05) is 12.5 Å². The standard InChI is InChI=1S/C20H26F2O2/c1-14(7-6-8-15(2)13-18(23)24)9-10-17-16(3)20(21,22)12-11-19(17,4)5/h6-10,13H,11-12H2,1-5H3,(H,23,24)/b8-6+,10-9+,14-7+,15-13+. The summed E-state index contributed by atoms with van der Waals surface area (Å²) in [5, 5.41) is 8.63. The highest BCUT2D eigenvalue weighted by molar-refractivity contribution is 5.81. The second-order valence-corrected chi connectivity index (χ2v) is 6.96. The SMILES string of the molecule is CC1=C(/C=C/C(C)=C/C=C/C(C)=C/C(=O)O)C(C)(C)CCC1(F)F. The lowest BCUT2D eigenvalue weighted by Crippen LogP contribution is -2.31. The first kappa shape index (κ1) is 20.1. The zero-order valence-corrected chi connectivity index (χ0v) is 15.0. The number of carboxylic acids is 1. The number of carbonyl (C=O) groups is 1. The van der Waals surface area contributed by atoms with E-state index in [-0.39, 0.29) is 17.4 Å². The van der Waals surface area contributed by atoms with Crippen molar-refractivity contribution in [2.45, 2.75) is 53.4 Å². The molecular weight excluding hydrogens is 310 g/mol. The predicted octanol–water partition coefficient (Wildman–Crippen LogP) is 5.85. The second-order valence-electron chi connectivity index (χ2n) is 6.96. The molecule has 0 fully saturated rings. The Labute approximate surface area is 143 Å². The first-order chi connectivity index (χ1) is 11.0. The van der Waals surface area contributed by atoms with Crippen molar-refractivity contribution in [3.05, 3.63) is 58.7 Å². The highest BCUT2D eigenvalue weighted by Gasteiger charge is 2.42. The van der Waals surface area contributed by atoms with Crippen molar-refractivity contribution in [2.75, 3.05) is 0 Å². The van der Waals surface area contributed by atoms with Crippen LogP contribution in [0.2, 0.25) is 0 Å². The van der Waals surface area contributed by atoms with Crippen molar-refractivity contribution in [3.8, 4) is 0 Å². The maximum absolute atomic E-state index is 13.9. The van der Waals surface area contributed by atoms with Gasteiger partial charge in [0.15, 0.2) is 0 Å². The fourth-order valence-electron chi connectivity index (χ4n) is 2.71. The fraction of sp³-hybridized carbons (Fsp3) is 0.450. The maximum Gasteiger partial charge on any atom is 0.328 e. The maximum atomic E-state index is 13.9. The lowest BCUT2D eigenvalue weighted by atomic mass is 9.71. The Balaban J connectivity index is 2.96. The molecule has 0 saturated heterocycles. The summed E-state index contributed by atoms with van der Waals surface area (Å²) in [7, 11) is 0. The molecule has 0 aliphatic heterocycles. The quantitative estimate of drug-likeness (QED) is 0.505. The van der Waals surface area contributed by atoms with E-state index in [1.165, 1.54) is 6.92 Å². The van der Waals surface area contributed by atoms with Gasteiger partial charge < -0.3 is 5.11 Å². The molecule has 0 aromatic carbocycles. The number of carboxylic acid groups (broad SMARTS) is 1. The molecule has 0 radical (unpaired) electrons. The van der Waals surface area contributed by atoms with Gasteiger partial charge >= 0.3 is 5.97 Å². The summed E-state index contributed by atoms with van der Waals surface area (Å²) >= 11 is 0. The normalized spacial score (nSPS) is 21.8. The molecule has 0 spiro atoms. The minimum Gasteiger partial charge on any atom is -0.478 e. The van der Waals surface area contributed by atoms with Crippen LogP contribution in [0, 0.1) is 5.41 Å². The van der Waals surface area contributed by atoms with Gasteiger partial charge in [0.05, 0.1) is 0 Å². The number of hydrogen-bond donors (Lipinski definition) is 1. The monoisotopic (exact) mass is 336 g/mol. The van der Waals surface area contributed by atoms with Crippen molar-refractivity contribution >= 4 is 5.97 Å². The van der Waals surface area contributed by atoms with Crippen LogP contribution in [0.3, 0.4) is 0 Å². The van der Waals surface area contributed by atoms with Gasteiger partial charge in [-0.3, -0.25) is 0 Å². The average Bonchev–Trinajstić information content (AvgIpc) is 2.43. The van der Waals surface area contributed by atoms with E-state index in [2.05, 4.69) is 0 Å². The van der Waals surface area contributed by atoms with E-state index in [1.54, 1.807) is 25.2 Å². The molecule has 0 bridgehead atoms. The molecule has 0 amide bonds. The van der Waals surface area contributed by atoms with Crippen LogP contribution in [0.1, 0.15) is 47.5 Å². The smallest absolute Gasteiger partial charge is 0.328 e. The van der Waals surface area contributed by atoms with Crippen molar-refractivity contribution < 1.29 is 18.7 Å². The first-order valence-corrected chi connectivity index (χ1v) is 7.99. The summed E-state index contributed by atoms with van der Waals surface area (Å²) in [6, 6.07) is 0.